The Balaban J connectivity index is 1.78. The van der Waals surface area contributed by atoms with Gasteiger partial charge in [0.1, 0.15) is 5.82 Å². The molecule has 0 saturated carbocycles. The van der Waals surface area contributed by atoms with Crippen LogP contribution in [0, 0.1) is 5.82 Å². The number of halogens is 1. The minimum Gasteiger partial charge on any atom is -0.314 e. The Morgan fingerprint density at radius 2 is 1.78 bits per heavy atom. The molecule has 128 valence electrons. The highest BCUT2D eigenvalue weighted by molar-refractivity contribution is 5.21. The molecular formula is C19H30FN3. The van der Waals surface area contributed by atoms with Gasteiger partial charge in [-0.3, -0.25) is 4.90 Å². The maximum absolute atomic E-state index is 13.3. The lowest BCUT2D eigenvalue weighted by Crippen LogP contribution is -2.53. The quantitative estimate of drug-likeness (QED) is 0.920. The zero-order valence-corrected chi connectivity index (χ0v) is 14.3. The SMILES string of the molecule is CC1CNCCN1C(CN1CCCCCC1)c1ccc(F)cc1. The summed E-state index contributed by atoms with van der Waals surface area (Å²) in [5.74, 6) is -0.143. The monoisotopic (exact) mass is 319 g/mol. The van der Waals surface area contributed by atoms with E-state index in [1.807, 2.05) is 12.1 Å². The first-order chi connectivity index (χ1) is 11.2. The van der Waals surface area contributed by atoms with Gasteiger partial charge in [0.15, 0.2) is 0 Å². The predicted octanol–water partition coefficient (Wildman–Crippen LogP) is 3.04. The van der Waals surface area contributed by atoms with Crippen LogP contribution >= 0.6 is 0 Å². The van der Waals surface area contributed by atoms with Crippen molar-refractivity contribution >= 4 is 0 Å². The first kappa shape index (κ1) is 16.9. The number of nitrogens with one attached hydrogen (secondary N) is 1. The maximum Gasteiger partial charge on any atom is 0.123 e. The molecule has 1 aromatic rings. The van der Waals surface area contributed by atoms with Crippen LogP contribution in [0.5, 0.6) is 0 Å². The van der Waals surface area contributed by atoms with Gasteiger partial charge in [-0.05, 0) is 50.6 Å². The van der Waals surface area contributed by atoms with Gasteiger partial charge in [0.2, 0.25) is 0 Å². The number of nitrogens with zero attached hydrogens (tertiary/aromatic N) is 2. The number of hydrogen-bond donors (Lipinski definition) is 1. The predicted molar refractivity (Wildman–Crippen MR) is 93.1 cm³/mol. The van der Waals surface area contributed by atoms with Crippen molar-refractivity contribution in [3.63, 3.8) is 0 Å². The van der Waals surface area contributed by atoms with Gasteiger partial charge in [-0.25, -0.2) is 4.39 Å². The Hall–Kier alpha value is -0.970. The van der Waals surface area contributed by atoms with Gasteiger partial charge in [-0.1, -0.05) is 25.0 Å². The zero-order chi connectivity index (χ0) is 16.1. The van der Waals surface area contributed by atoms with Crippen molar-refractivity contribution in [1.82, 2.24) is 15.1 Å². The molecular weight excluding hydrogens is 289 g/mol. The molecule has 0 aliphatic carbocycles. The van der Waals surface area contributed by atoms with E-state index in [2.05, 4.69) is 22.0 Å². The average molecular weight is 319 g/mol. The maximum atomic E-state index is 13.3. The highest BCUT2D eigenvalue weighted by Crippen LogP contribution is 2.26. The van der Waals surface area contributed by atoms with Crippen molar-refractivity contribution < 1.29 is 4.39 Å². The standard InChI is InChI=1S/C19H30FN3/c1-16-14-21-10-13-23(16)19(17-6-8-18(20)9-7-17)15-22-11-4-2-3-5-12-22/h6-9,16,19,21H,2-5,10-15H2,1H3. The second-order valence-electron chi connectivity index (χ2n) is 7.07. The summed E-state index contributed by atoms with van der Waals surface area (Å²) < 4.78 is 13.3. The number of likely N-dealkylation sites (tertiary alicyclic amines) is 1. The molecule has 1 N–H and O–H groups in total. The van der Waals surface area contributed by atoms with Crippen molar-refractivity contribution in [2.45, 2.75) is 44.7 Å². The van der Waals surface area contributed by atoms with Crippen LogP contribution in [-0.4, -0.2) is 55.1 Å². The van der Waals surface area contributed by atoms with Gasteiger partial charge in [0.05, 0.1) is 0 Å². The molecule has 2 aliphatic heterocycles. The van der Waals surface area contributed by atoms with Crippen molar-refractivity contribution in [1.29, 1.82) is 0 Å². The normalized spacial score (nSPS) is 25.9. The Labute approximate surface area is 139 Å². The van der Waals surface area contributed by atoms with Crippen LogP contribution in [0.25, 0.3) is 0 Å². The molecule has 2 aliphatic rings. The lowest BCUT2D eigenvalue weighted by Gasteiger charge is -2.42. The highest BCUT2D eigenvalue weighted by Gasteiger charge is 2.28. The van der Waals surface area contributed by atoms with E-state index in [4.69, 9.17) is 0 Å². The average Bonchev–Trinajstić information content (AvgIpc) is 2.83. The molecule has 23 heavy (non-hydrogen) atoms. The van der Waals surface area contributed by atoms with Crippen LogP contribution in [0.3, 0.4) is 0 Å². The van der Waals surface area contributed by atoms with E-state index in [1.165, 1.54) is 44.3 Å². The van der Waals surface area contributed by atoms with Gasteiger partial charge in [-0.15, -0.1) is 0 Å². The summed E-state index contributed by atoms with van der Waals surface area (Å²) in [4.78, 5) is 5.23. The number of benzene rings is 1. The third-order valence-electron chi connectivity index (χ3n) is 5.34. The molecule has 3 nitrogen and oxygen atoms in total. The first-order valence-electron chi connectivity index (χ1n) is 9.18. The van der Waals surface area contributed by atoms with Gasteiger partial charge in [0.25, 0.3) is 0 Å². The third kappa shape index (κ3) is 4.52. The Kier molecular flexibility index (Phi) is 6.03. The van der Waals surface area contributed by atoms with Crippen LogP contribution in [0.2, 0.25) is 0 Å². The summed E-state index contributed by atoms with van der Waals surface area (Å²) >= 11 is 0. The molecule has 3 rings (SSSR count). The molecule has 4 heteroatoms. The van der Waals surface area contributed by atoms with Gasteiger partial charge in [-0.2, -0.15) is 0 Å². The summed E-state index contributed by atoms with van der Waals surface area (Å²) in [6.45, 7) is 8.92. The summed E-state index contributed by atoms with van der Waals surface area (Å²) in [6, 6.07) is 8.06. The second kappa shape index (κ2) is 8.22. The molecule has 2 atom stereocenters. The fourth-order valence-corrected chi connectivity index (χ4v) is 3.97. The minimum atomic E-state index is -0.143. The molecule has 0 aromatic heterocycles. The molecule has 2 fully saturated rings. The Morgan fingerprint density at radius 3 is 2.43 bits per heavy atom. The summed E-state index contributed by atoms with van der Waals surface area (Å²) in [5.41, 5.74) is 1.25. The topological polar surface area (TPSA) is 18.5 Å². The van der Waals surface area contributed by atoms with Crippen molar-refractivity contribution in [3.8, 4) is 0 Å². The summed E-state index contributed by atoms with van der Waals surface area (Å²) in [5, 5.41) is 3.48. The van der Waals surface area contributed by atoms with Gasteiger partial charge < -0.3 is 10.2 Å². The number of piperazine rings is 1. The van der Waals surface area contributed by atoms with E-state index in [1.54, 1.807) is 12.1 Å². The van der Waals surface area contributed by atoms with E-state index in [9.17, 15) is 4.39 Å². The molecule has 0 radical (unpaired) electrons. The fraction of sp³-hybridized carbons (Fsp3) is 0.684. The molecule has 2 unspecified atom stereocenters. The fourth-order valence-electron chi connectivity index (χ4n) is 3.97. The Bertz CT molecular complexity index is 468. The molecule has 0 amide bonds. The van der Waals surface area contributed by atoms with Gasteiger partial charge >= 0.3 is 0 Å². The number of rotatable bonds is 4. The van der Waals surface area contributed by atoms with Crippen molar-refractivity contribution in [2.75, 3.05) is 39.3 Å². The molecule has 1 aromatic carbocycles. The van der Waals surface area contributed by atoms with E-state index >= 15 is 0 Å². The lowest BCUT2D eigenvalue weighted by molar-refractivity contribution is 0.0851. The van der Waals surface area contributed by atoms with Crippen molar-refractivity contribution in [2.24, 2.45) is 0 Å². The second-order valence-corrected chi connectivity index (χ2v) is 7.07. The zero-order valence-electron chi connectivity index (χ0n) is 14.3. The molecule has 2 heterocycles. The van der Waals surface area contributed by atoms with Gasteiger partial charge in [0, 0.05) is 38.3 Å². The van der Waals surface area contributed by atoms with Crippen molar-refractivity contribution in [3.05, 3.63) is 35.6 Å². The van der Waals surface area contributed by atoms with Crippen LogP contribution in [-0.2, 0) is 0 Å². The van der Waals surface area contributed by atoms with E-state index in [-0.39, 0.29) is 5.82 Å². The van der Waals surface area contributed by atoms with Crippen LogP contribution in [0.1, 0.15) is 44.2 Å². The molecule has 0 bridgehead atoms. The van der Waals surface area contributed by atoms with E-state index in [0.717, 1.165) is 26.2 Å². The highest BCUT2D eigenvalue weighted by atomic mass is 19.1. The Morgan fingerprint density at radius 1 is 1.09 bits per heavy atom. The first-order valence-corrected chi connectivity index (χ1v) is 9.18. The van der Waals surface area contributed by atoms with E-state index < -0.39 is 0 Å². The molecule has 0 spiro atoms. The minimum absolute atomic E-state index is 0.143. The summed E-state index contributed by atoms with van der Waals surface area (Å²) in [6.07, 6.45) is 5.35. The smallest absolute Gasteiger partial charge is 0.123 e. The largest absolute Gasteiger partial charge is 0.314 e. The lowest BCUT2D eigenvalue weighted by atomic mass is 10.0. The third-order valence-corrected chi connectivity index (χ3v) is 5.34. The van der Waals surface area contributed by atoms with Crippen LogP contribution < -0.4 is 5.32 Å². The van der Waals surface area contributed by atoms with E-state index in [0.29, 0.717) is 12.1 Å². The molecule has 2 saturated heterocycles. The summed E-state index contributed by atoms with van der Waals surface area (Å²) in [7, 11) is 0. The number of hydrogen-bond acceptors (Lipinski definition) is 3. The van der Waals surface area contributed by atoms with Crippen LogP contribution in [0.15, 0.2) is 24.3 Å². The van der Waals surface area contributed by atoms with Crippen LogP contribution in [0.4, 0.5) is 4.39 Å².